The van der Waals surface area contributed by atoms with E-state index in [0.717, 1.165) is 30.8 Å². The molecule has 0 aliphatic carbocycles. The lowest BCUT2D eigenvalue weighted by molar-refractivity contribution is -0.0286. The zero-order valence-electron chi connectivity index (χ0n) is 12.8. The van der Waals surface area contributed by atoms with Gasteiger partial charge in [0.2, 0.25) is 0 Å². The molecular weight excluding hydrogens is 238 g/mol. The second-order valence-corrected chi connectivity index (χ2v) is 4.98. The highest BCUT2D eigenvalue weighted by Crippen LogP contribution is 2.36. The number of ether oxygens (including phenoxy) is 2. The molecule has 0 saturated carbocycles. The zero-order valence-corrected chi connectivity index (χ0v) is 12.8. The molecule has 0 bridgehead atoms. The van der Waals surface area contributed by atoms with E-state index in [4.69, 9.17) is 9.47 Å². The molecule has 2 atom stereocenters. The average molecular weight is 265 g/mol. The molecule has 0 heterocycles. The molecule has 0 fully saturated rings. The smallest absolute Gasteiger partial charge is 0.124 e. The summed E-state index contributed by atoms with van der Waals surface area (Å²) < 4.78 is 11.6. The van der Waals surface area contributed by atoms with Gasteiger partial charge in [-0.25, -0.2) is 0 Å². The van der Waals surface area contributed by atoms with Gasteiger partial charge in [0.05, 0.1) is 18.2 Å². The third-order valence-corrected chi connectivity index (χ3v) is 3.76. The van der Waals surface area contributed by atoms with Crippen molar-refractivity contribution in [3.63, 3.8) is 0 Å². The van der Waals surface area contributed by atoms with Gasteiger partial charge >= 0.3 is 0 Å². The summed E-state index contributed by atoms with van der Waals surface area (Å²) in [4.78, 5) is 0. The molecule has 0 radical (unpaired) electrons. The molecule has 108 valence electrons. The number of benzene rings is 1. The molecule has 1 rings (SSSR count). The molecule has 0 aromatic heterocycles. The predicted octanol–water partition coefficient (Wildman–Crippen LogP) is 3.55. The largest absolute Gasteiger partial charge is 0.493 e. The number of methoxy groups -OCH3 is 1. The third-order valence-electron chi connectivity index (χ3n) is 3.76. The van der Waals surface area contributed by atoms with Crippen LogP contribution in [0.4, 0.5) is 0 Å². The summed E-state index contributed by atoms with van der Waals surface area (Å²) in [6, 6.07) is 8.30. The molecule has 0 amide bonds. The molecule has 1 aromatic carbocycles. The van der Waals surface area contributed by atoms with Crippen molar-refractivity contribution in [3.8, 4) is 5.75 Å². The summed E-state index contributed by atoms with van der Waals surface area (Å²) in [5.41, 5.74) is 0.908. The molecule has 1 aromatic rings. The number of hydrogen-bond donors (Lipinski definition) is 1. The van der Waals surface area contributed by atoms with E-state index < -0.39 is 0 Å². The summed E-state index contributed by atoms with van der Waals surface area (Å²) in [7, 11) is 3.73. The Hall–Kier alpha value is -1.06. The Kier molecular flexibility index (Phi) is 6.32. The first-order valence-electron chi connectivity index (χ1n) is 7.07. The van der Waals surface area contributed by atoms with Gasteiger partial charge in [-0.2, -0.15) is 0 Å². The number of rotatable bonds is 8. The normalized spacial score (nSPS) is 15.8. The van der Waals surface area contributed by atoms with Crippen LogP contribution in [-0.2, 0) is 4.74 Å². The van der Waals surface area contributed by atoms with Crippen molar-refractivity contribution in [1.82, 2.24) is 5.32 Å². The van der Waals surface area contributed by atoms with Crippen LogP contribution < -0.4 is 10.1 Å². The fourth-order valence-corrected chi connectivity index (χ4v) is 2.32. The number of likely N-dealkylation sites (N-methyl/N-ethyl adjacent to an activating group) is 1. The van der Waals surface area contributed by atoms with Crippen molar-refractivity contribution in [2.75, 3.05) is 20.8 Å². The molecule has 0 saturated heterocycles. The Morgan fingerprint density at radius 2 is 1.95 bits per heavy atom. The van der Waals surface area contributed by atoms with E-state index in [1.807, 2.05) is 25.2 Å². The Morgan fingerprint density at radius 1 is 1.26 bits per heavy atom. The second kappa shape index (κ2) is 7.51. The first kappa shape index (κ1) is 16.0. The molecular formula is C16H27NO2. The van der Waals surface area contributed by atoms with Crippen molar-refractivity contribution < 1.29 is 9.47 Å². The van der Waals surface area contributed by atoms with Gasteiger partial charge in [0, 0.05) is 12.7 Å². The lowest BCUT2D eigenvalue weighted by Crippen LogP contribution is -2.41. The Labute approximate surface area is 117 Å². The first-order valence-corrected chi connectivity index (χ1v) is 7.07. The minimum absolute atomic E-state index is 0.107. The van der Waals surface area contributed by atoms with Crippen LogP contribution in [0.15, 0.2) is 24.3 Å². The van der Waals surface area contributed by atoms with E-state index in [0.29, 0.717) is 0 Å². The van der Waals surface area contributed by atoms with E-state index in [-0.39, 0.29) is 11.6 Å². The summed E-state index contributed by atoms with van der Waals surface area (Å²) in [5, 5.41) is 3.37. The van der Waals surface area contributed by atoms with E-state index in [1.54, 1.807) is 7.11 Å². The summed E-state index contributed by atoms with van der Waals surface area (Å²) in [6.45, 7) is 7.13. The lowest BCUT2D eigenvalue weighted by atomic mass is 9.87. The fraction of sp³-hybridized carbons (Fsp3) is 0.625. The van der Waals surface area contributed by atoms with Gasteiger partial charge in [0.25, 0.3) is 0 Å². The summed E-state index contributed by atoms with van der Waals surface area (Å²) >= 11 is 0. The molecule has 19 heavy (non-hydrogen) atoms. The van der Waals surface area contributed by atoms with Crippen molar-refractivity contribution in [1.29, 1.82) is 0 Å². The van der Waals surface area contributed by atoms with E-state index in [1.165, 1.54) is 0 Å². The average Bonchev–Trinajstić information content (AvgIpc) is 2.46. The van der Waals surface area contributed by atoms with Crippen LogP contribution >= 0.6 is 0 Å². The van der Waals surface area contributed by atoms with Crippen molar-refractivity contribution in [2.24, 2.45) is 0 Å². The molecule has 0 aliphatic heterocycles. The molecule has 2 unspecified atom stereocenters. The van der Waals surface area contributed by atoms with Gasteiger partial charge in [-0.1, -0.05) is 32.0 Å². The van der Waals surface area contributed by atoms with Gasteiger partial charge in [-0.05, 0) is 32.9 Å². The second-order valence-electron chi connectivity index (χ2n) is 4.98. The van der Waals surface area contributed by atoms with Gasteiger partial charge in [0.15, 0.2) is 0 Å². The molecule has 0 spiro atoms. The van der Waals surface area contributed by atoms with Crippen LogP contribution in [0.25, 0.3) is 0 Å². The first-order chi connectivity index (χ1) is 9.12. The SMILES string of the molecule is CCCOc1ccccc1C(NC)C(C)(CC)OC. The summed E-state index contributed by atoms with van der Waals surface area (Å²) in [5.74, 6) is 0.945. The fourth-order valence-electron chi connectivity index (χ4n) is 2.32. The van der Waals surface area contributed by atoms with Crippen LogP contribution in [-0.4, -0.2) is 26.4 Å². The molecule has 3 nitrogen and oxygen atoms in total. The van der Waals surface area contributed by atoms with Crippen molar-refractivity contribution in [2.45, 2.75) is 45.3 Å². The zero-order chi connectivity index (χ0) is 14.3. The Balaban J connectivity index is 3.10. The van der Waals surface area contributed by atoms with Crippen LogP contribution in [0.5, 0.6) is 5.75 Å². The predicted molar refractivity (Wildman–Crippen MR) is 79.7 cm³/mol. The topological polar surface area (TPSA) is 30.5 Å². The maximum absolute atomic E-state index is 5.86. The summed E-state index contributed by atoms with van der Waals surface area (Å²) in [6.07, 6.45) is 1.94. The number of para-hydroxylation sites is 1. The highest BCUT2D eigenvalue weighted by molar-refractivity contribution is 5.37. The quantitative estimate of drug-likeness (QED) is 0.779. The van der Waals surface area contributed by atoms with Gasteiger partial charge in [0.1, 0.15) is 5.75 Å². The Morgan fingerprint density at radius 3 is 2.47 bits per heavy atom. The number of hydrogen-bond acceptors (Lipinski definition) is 3. The monoisotopic (exact) mass is 265 g/mol. The number of nitrogens with one attached hydrogen (secondary N) is 1. The van der Waals surface area contributed by atoms with Crippen LogP contribution in [0.2, 0.25) is 0 Å². The van der Waals surface area contributed by atoms with Crippen LogP contribution in [0, 0.1) is 0 Å². The molecule has 1 N–H and O–H groups in total. The maximum Gasteiger partial charge on any atom is 0.124 e. The van der Waals surface area contributed by atoms with Gasteiger partial charge in [-0.15, -0.1) is 0 Å². The van der Waals surface area contributed by atoms with E-state index in [2.05, 4.69) is 32.2 Å². The lowest BCUT2D eigenvalue weighted by Gasteiger charge is -2.36. The van der Waals surface area contributed by atoms with Crippen LogP contribution in [0.3, 0.4) is 0 Å². The third kappa shape index (κ3) is 3.71. The van der Waals surface area contributed by atoms with Gasteiger partial charge in [-0.3, -0.25) is 0 Å². The highest BCUT2D eigenvalue weighted by atomic mass is 16.5. The van der Waals surface area contributed by atoms with Crippen molar-refractivity contribution >= 4 is 0 Å². The highest BCUT2D eigenvalue weighted by Gasteiger charge is 2.34. The maximum atomic E-state index is 5.86. The minimum Gasteiger partial charge on any atom is -0.493 e. The van der Waals surface area contributed by atoms with Gasteiger partial charge < -0.3 is 14.8 Å². The van der Waals surface area contributed by atoms with E-state index >= 15 is 0 Å². The Bertz CT molecular complexity index is 375. The van der Waals surface area contributed by atoms with E-state index in [9.17, 15) is 0 Å². The standard InChI is InChI=1S/C16H27NO2/c1-6-12-19-14-11-9-8-10-13(14)15(17-4)16(3,7-2)18-5/h8-11,15,17H,6-7,12H2,1-5H3. The molecule has 0 aliphatic rings. The van der Waals surface area contributed by atoms with Crippen LogP contribution in [0.1, 0.15) is 45.2 Å². The van der Waals surface area contributed by atoms with Crippen molar-refractivity contribution in [3.05, 3.63) is 29.8 Å². The molecule has 3 heteroatoms. The minimum atomic E-state index is -0.250.